The minimum absolute atomic E-state index is 0.354. The van der Waals surface area contributed by atoms with Crippen molar-refractivity contribution in [3.8, 4) is 0 Å². The van der Waals surface area contributed by atoms with Gasteiger partial charge in [-0.1, -0.05) is 0 Å². The molecule has 9 heteroatoms. The highest BCUT2D eigenvalue weighted by molar-refractivity contribution is 7.85. The van der Waals surface area contributed by atoms with E-state index in [0.717, 1.165) is 4.67 Å². The van der Waals surface area contributed by atoms with Crippen LogP contribution in [-0.4, -0.2) is 40.9 Å². The fourth-order valence-electron chi connectivity index (χ4n) is 1.69. The van der Waals surface area contributed by atoms with Gasteiger partial charge in [-0.3, -0.25) is 19.7 Å². The summed E-state index contributed by atoms with van der Waals surface area (Å²) in [6, 6.07) is -2.09. The number of hydrogen-bond donors (Lipinski definition) is 1. The van der Waals surface area contributed by atoms with Crippen molar-refractivity contribution in [1.29, 1.82) is 0 Å². The molecule has 7 nitrogen and oxygen atoms in total. The van der Waals surface area contributed by atoms with Crippen LogP contribution in [0.2, 0.25) is 0 Å². The predicted octanol–water partition coefficient (Wildman–Crippen LogP) is 2.27. The van der Waals surface area contributed by atoms with Crippen molar-refractivity contribution in [1.82, 2.24) is 4.67 Å². The third-order valence-electron chi connectivity index (χ3n) is 2.49. The fourth-order valence-corrected chi connectivity index (χ4v) is 3.60. The van der Waals surface area contributed by atoms with Gasteiger partial charge >= 0.3 is 18.7 Å². The van der Waals surface area contributed by atoms with E-state index in [2.05, 4.69) is 0 Å². The maximum Gasteiger partial charge on any atom is 0.323 e. The first-order valence-corrected chi connectivity index (χ1v) is 9.29. The van der Waals surface area contributed by atoms with E-state index in [4.69, 9.17) is 26.2 Å². The van der Waals surface area contributed by atoms with Crippen molar-refractivity contribution in [3.63, 3.8) is 0 Å². The molecule has 0 amide bonds. The number of nitrogens with two attached hydrogens (primary N) is 1. The molecule has 0 aliphatic carbocycles. The number of esters is 2. The van der Waals surface area contributed by atoms with Gasteiger partial charge in [0.1, 0.15) is 12.1 Å². The van der Waals surface area contributed by atoms with E-state index >= 15 is 0 Å². The monoisotopic (exact) mass is 342 g/mol. The molecule has 124 valence electrons. The molecule has 0 saturated carbocycles. The summed E-state index contributed by atoms with van der Waals surface area (Å²) < 4.78 is 23.0. The molecule has 2 N–H and O–H groups in total. The summed E-state index contributed by atoms with van der Waals surface area (Å²) in [5.41, 5.74) is 5.45. The molecule has 0 aromatic heterocycles. The predicted molar refractivity (Wildman–Crippen MR) is 80.9 cm³/mol. The maximum atomic E-state index is 12.0. The summed E-state index contributed by atoms with van der Waals surface area (Å²) in [7, 11) is 0. The molecule has 0 radical (unpaired) electrons. The molecule has 0 aliphatic heterocycles. The van der Waals surface area contributed by atoms with Gasteiger partial charge in [0.2, 0.25) is 0 Å². The minimum Gasteiger partial charge on any atom is -0.462 e. The minimum atomic E-state index is -3.88. The van der Waals surface area contributed by atoms with E-state index in [1.165, 1.54) is 13.8 Å². The maximum absolute atomic E-state index is 12.0. The number of carbonyl (C=O) groups excluding carboxylic acids is 2. The Hall–Kier alpha value is -0.620. The van der Waals surface area contributed by atoms with Gasteiger partial charge in [0, 0.05) is 0 Å². The van der Waals surface area contributed by atoms with Gasteiger partial charge in [-0.05, 0) is 52.8 Å². The SMILES string of the molecule is CC(C)OC(=O)[C@H](C)N([C@@H](C)C(=O)OC(C)C)P(N)(=O)Cl. The van der Waals surface area contributed by atoms with E-state index in [1.807, 2.05) is 0 Å². The van der Waals surface area contributed by atoms with Crippen LogP contribution in [0.3, 0.4) is 0 Å². The summed E-state index contributed by atoms with van der Waals surface area (Å²) in [4.78, 5) is 23.9. The molecule has 0 spiro atoms. The molecular formula is C12H24ClN2O5P. The number of nitrogens with zero attached hydrogens (tertiary/aromatic N) is 1. The van der Waals surface area contributed by atoms with Crippen LogP contribution < -0.4 is 5.50 Å². The van der Waals surface area contributed by atoms with Crippen LogP contribution in [-0.2, 0) is 23.6 Å². The highest BCUT2D eigenvalue weighted by Gasteiger charge is 2.41. The van der Waals surface area contributed by atoms with Gasteiger partial charge in [-0.2, -0.15) is 0 Å². The average molecular weight is 343 g/mol. The van der Waals surface area contributed by atoms with Gasteiger partial charge in [0.15, 0.2) is 0 Å². The van der Waals surface area contributed by atoms with Crippen LogP contribution in [0.5, 0.6) is 0 Å². The molecule has 3 atom stereocenters. The molecule has 0 saturated heterocycles. The van der Waals surface area contributed by atoms with Crippen LogP contribution >= 0.6 is 18.0 Å². The van der Waals surface area contributed by atoms with Crippen molar-refractivity contribution in [2.45, 2.75) is 65.8 Å². The van der Waals surface area contributed by atoms with Gasteiger partial charge in [-0.15, -0.1) is 0 Å². The summed E-state index contributed by atoms with van der Waals surface area (Å²) in [5.74, 6) is -1.33. The zero-order valence-corrected chi connectivity index (χ0v) is 14.9. The molecule has 0 rings (SSSR count). The molecular weight excluding hydrogens is 319 g/mol. The second-order valence-corrected chi connectivity index (χ2v) is 8.25. The standard InChI is InChI=1S/C12H24ClN2O5P/c1-7(2)19-11(16)9(5)15(21(13,14)18)10(6)12(17)20-8(3)4/h7-10H,1-6H3,(H2,14,18)/t9-,10-,21?/m0/s1. The number of rotatable bonds is 7. The second-order valence-electron chi connectivity index (χ2n) is 5.25. The first-order valence-electron chi connectivity index (χ1n) is 6.66. The van der Waals surface area contributed by atoms with Crippen LogP contribution in [0.25, 0.3) is 0 Å². The van der Waals surface area contributed by atoms with Crippen molar-refractivity contribution >= 4 is 30.0 Å². The first kappa shape index (κ1) is 20.4. The van der Waals surface area contributed by atoms with E-state index in [9.17, 15) is 14.2 Å². The summed E-state index contributed by atoms with van der Waals surface area (Å²) in [5, 5.41) is 0. The lowest BCUT2D eigenvalue weighted by Crippen LogP contribution is -2.48. The summed E-state index contributed by atoms with van der Waals surface area (Å²) in [6.45, 7) is 5.66. The second kappa shape index (κ2) is 8.13. The van der Waals surface area contributed by atoms with Gasteiger partial charge in [-0.25, -0.2) is 4.67 Å². The van der Waals surface area contributed by atoms with Crippen molar-refractivity contribution in [2.75, 3.05) is 0 Å². The Morgan fingerprint density at radius 3 is 1.43 bits per heavy atom. The van der Waals surface area contributed by atoms with Crippen molar-refractivity contribution < 1.29 is 23.6 Å². The molecule has 21 heavy (non-hydrogen) atoms. The van der Waals surface area contributed by atoms with Crippen LogP contribution in [0, 0.1) is 0 Å². The van der Waals surface area contributed by atoms with Crippen LogP contribution in [0.15, 0.2) is 0 Å². The Kier molecular flexibility index (Phi) is 7.89. The molecule has 0 aliphatic rings. The Labute approximate surface area is 130 Å². The van der Waals surface area contributed by atoms with E-state index < -0.39 is 30.8 Å². The number of carbonyl (C=O) groups is 2. The molecule has 0 heterocycles. The lowest BCUT2D eigenvalue weighted by molar-refractivity contribution is -0.156. The molecule has 0 aromatic carbocycles. The summed E-state index contributed by atoms with van der Waals surface area (Å²) in [6.07, 6.45) is -0.709. The van der Waals surface area contributed by atoms with E-state index in [-0.39, 0.29) is 12.2 Å². The third-order valence-corrected chi connectivity index (χ3v) is 4.34. The van der Waals surface area contributed by atoms with Crippen LogP contribution in [0.4, 0.5) is 0 Å². The fraction of sp³-hybridized carbons (Fsp3) is 0.833. The van der Waals surface area contributed by atoms with Crippen molar-refractivity contribution in [2.24, 2.45) is 5.50 Å². The molecule has 1 unspecified atom stereocenters. The number of ether oxygens (including phenoxy) is 2. The Balaban J connectivity index is 5.26. The molecule has 0 aromatic rings. The van der Waals surface area contributed by atoms with Gasteiger partial charge < -0.3 is 9.47 Å². The Bertz CT molecular complexity index is 396. The lowest BCUT2D eigenvalue weighted by Gasteiger charge is -2.33. The topological polar surface area (TPSA) is 98.9 Å². The number of hydrogen-bond acceptors (Lipinski definition) is 5. The highest BCUT2D eigenvalue weighted by atomic mass is 35.7. The molecule has 0 fully saturated rings. The molecule has 0 bridgehead atoms. The normalized spacial score (nSPS) is 17.5. The smallest absolute Gasteiger partial charge is 0.323 e. The zero-order valence-electron chi connectivity index (χ0n) is 13.2. The highest BCUT2D eigenvalue weighted by Crippen LogP contribution is 2.49. The van der Waals surface area contributed by atoms with Gasteiger partial charge in [0.05, 0.1) is 12.2 Å². The average Bonchev–Trinajstić information content (AvgIpc) is 2.24. The Morgan fingerprint density at radius 2 is 1.24 bits per heavy atom. The van der Waals surface area contributed by atoms with Crippen LogP contribution in [0.1, 0.15) is 41.5 Å². The van der Waals surface area contributed by atoms with E-state index in [0.29, 0.717) is 0 Å². The Morgan fingerprint density at radius 1 is 0.952 bits per heavy atom. The van der Waals surface area contributed by atoms with Crippen molar-refractivity contribution in [3.05, 3.63) is 0 Å². The number of halogens is 1. The van der Waals surface area contributed by atoms with Gasteiger partial charge in [0.25, 0.3) is 0 Å². The quantitative estimate of drug-likeness (QED) is 0.559. The summed E-state index contributed by atoms with van der Waals surface area (Å²) >= 11 is 5.69. The lowest BCUT2D eigenvalue weighted by atomic mass is 10.2. The largest absolute Gasteiger partial charge is 0.462 e. The van der Waals surface area contributed by atoms with E-state index in [1.54, 1.807) is 27.7 Å². The zero-order chi connectivity index (χ0) is 17.0. The first-order chi connectivity index (χ1) is 9.37. The third kappa shape index (κ3) is 6.78.